The predicted octanol–water partition coefficient (Wildman–Crippen LogP) is 0.695. The van der Waals surface area contributed by atoms with Gasteiger partial charge >= 0.3 is 12.1 Å². The monoisotopic (exact) mass is 256 g/mol. The van der Waals surface area contributed by atoms with E-state index in [1.165, 1.54) is 6.08 Å². The molecule has 2 N–H and O–H groups in total. The second kappa shape index (κ2) is 7.71. The van der Waals surface area contributed by atoms with Crippen LogP contribution in [0.5, 0.6) is 0 Å². The van der Waals surface area contributed by atoms with Crippen molar-refractivity contribution in [2.45, 2.75) is 12.8 Å². The number of nitrogens with zero attached hydrogens (tertiary/aromatic N) is 1. The molecule has 1 saturated heterocycles. The number of carboxylic acids is 1. The molecule has 6 nitrogen and oxygen atoms in total. The topological polar surface area (TPSA) is 78.9 Å². The third-order valence-corrected chi connectivity index (χ3v) is 2.93. The van der Waals surface area contributed by atoms with E-state index in [2.05, 4.69) is 11.9 Å². The Labute approximate surface area is 107 Å². The van der Waals surface area contributed by atoms with Gasteiger partial charge in [0.15, 0.2) is 0 Å². The first-order valence-corrected chi connectivity index (χ1v) is 6.07. The van der Waals surface area contributed by atoms with E-state index in [0.717, 1.165) is 25.9 Å². The van der Waals surface area contributed by atoms with Gasteiger partial charge in [0.05, 0.1) is 6.54 Å². The largest absolute Gasteiger partial charge is 0.480 e. The Hall–Kier alpha value is -1.56. The van der Waals surface area contributed by atoms with Gasteiger partial charge in [-0.05, 0) is 31.8 Å². The zero-order valence-electron chi connectivity index (χ0n) is 10.4. The highest BCUT2D eigenvalue weighted by Gasteiger charge is 2.20. The minimum atomic E-state index is -0.792. The van der Waals surface area contributed by atoms with Crippen LogP contribution in [0.25, 0.3) is 0 Å². The van der Waals surface area contributed by atoms with Crippen LogP contribution in [0.4, 0.5) is 4.79 Å². The van der Waals surface area contributed by atoms with Gasteiger partial charge in [0.25, 0.3) is 0 Å². The molecular weight excluding hydrogens is 236 g/mol. The summed E-state index contributed by atoms with van der Waals surface area (Å²) in [4.78, 5) is 23.6. The molecule has 0 aliphatic carbocycles. The first-order valence-electron chi connectivity index (χ1n) is 6.07. The molecule has 0 unspecified atom stereocenters. The van der Waals surface area contributed by atoms with E-state index in [4.69, 9.17) is 9.84 Å². The molecule has 0 bridgehead atoms. The molecule has 0 aromatic rings. The lowest BCUT2D eigenvalue weighted by Gasteiger charge is -2.30. The van der Waals surface area contributed by atoms with Crippen molar-refractivity contribution < 1.29 is 19.4 Å². The molecular formula is C12H20N2O4. The lowest BCUT2D eigenvalue weighted by atomic mass is 9.97. The standard InChI is InChI=1S/C12H20N2O4/c1-2-7-18-12(17)13-8-10-3-5-14(6-4-10)9-11(15)16/h2,10H,1,3-9H2,(H,13,17)(H,15,16). The maximum Gasteiger partial charge on any atom is 0.407 e. The molecule has 1 fully saturated rings. The predicted molar refractivity (Wildman–Crippen MR) is 66.3 cm³/mol. The van der Waals surface area contributed by atoms with Crippen LogP contribution >= 0.6 is 0 Å². The van der Waals surface area contributed by atoms with Crippen molar-refractivity contribution in [3.8, 4) is 0 Å². The molecule has 18 heavy (non-hydrogen) atoms. The Balaban J connectivity index is 2.13. The first kappa shape index (κ1) is 14.5. The lowest BCUT2D eigenvalue weighted by Crippen LogP contribution is -2.40. The summed E-state index contributed by atoms with van der Waals surface area (Å²) in [7, 11) is 0. The molecule has 1 rings (SSSR count). The average molecular weight is 256 g/mol. The van der Waals surface area contributed by atoms with E-state index in [0.29, 0.717) is 12.5 Å². The number of ether oxygens (including phenoxy) is 1. The van der Waals surface area contributed by atoms with E-state index >= 15 is 0 Å². The number of likely N-dealkylation sites (tertiary alicyclic amines) is 1. The van der Waals surface area contributed by atoms with Gasteiger partial charge in [0, 0.05) is 6.54 Å². The minimum absolute atomic E-state index is 0.0987. The zero-order chi connectivity index (χ0) is 13.4. The number of carbonyl (C=O) groups is 2. The molecule has 1 aliphatic rings. The van der Waals surface area contributed by atoms with E-state index in [9.17, 15) is 9.59 Å². The summed E-state index contributed by atoms with van der Waals surface area (Å²) in [6, 6.07) is 0. The summed E-state index contributed by atoms with van der Waals surface area (Å²) in [5, 5.41) is 11.4. The number of carbonyl (C=O) groups excluding carboxylic acids is 1. The van der Waals surface area contributed by atoms with Gasteiger partial charge in [-0.25, -0.2) is 4.79 Å². The first-order chi connectivity index (χ1) is 8.61. The summed E-state index contributed by atoms with van der Waals surface area (Å²) >= 11 is 0. The summed E-state index contributed by atoms with van der Waals surface area (Å²) in [6.07, 6.45) is 2.89. The molecule has 1 heterocycles. The smallest absolute Gasteiger partial charge is 0.407 e. The average Bonchev–Trinajstić information content (AvgIpc) is 2.35. The van der Waals surface area contributed by atoms with Gasteiger partial charge in [-0.3, -0.25) is 9.69 Å². The summed E-state index contributed by atoms with van der Waals surface area (Å²) in [5.74, 6) is -0.397. The maximum atomic E-state index is 11.2. The van der Waals surface area contributed by atoms with Crippen LogP contribution in [0, 0.1) is 5.92 Å². The van der Waals surface area contributed by atoms with Crippen LogP contribution in [-0.2, 0) is 9.53 Å². The van der Waals surface area contributed by atoms with Crippen molar-refractivity contribution in [2.24, 2.45) is 5.92 Å². The number of aliphatic carboxylic acids is 1. The molecule has 6 heteroatoms. The number of rotatable bonds is 6. The fourth-order valence-corrected chi connectivity index (χ4v) is 1.95. The van der Waals surface area contributed by atoms with E-state index in [1.807, 2.05) is 4.90 Å². The quantitative estimate of drug-likeness (QED) is 0.684. The fourth-order valence-electron chi connectivity index (χ4n) is 1.95. The third kappa shape index (κ3) is 5.67. The molecule has 0 atom stereocenters. The SMILES string of the molecule is C=CCOC(=O)NCC1CCN(CC(=O)O)CC1. The Morgan fingerprint density at radius 2 is 2.11 bits per heavy atom. The Kier molecular flexibility index (Phi) is 6.21. The number of nitrogens with one attached hydrogen (secondary N) is 1. The lowest BCUT2D eigenvalue weighted by molar-refractivity contribution is -0.138. The van der Waals surface area contributed by atoms with Gasteiger partial charge in [-0.15, -0.1) is 0 Å². The molecule has 1 amide bonds. The molecule has 0 aromatic heterocycles. The summed E-state index contributed by atoms with van der Waals surface area (Å²) in [5.41, 5.74) is 0. The van der Waals surface area contributed by atoms with Gasteiger partial charge in [-0.1, -0.05) is 12.7 Å². The highest BCUT2D eigenvalue weighted by Crippen LogP contribution is 2.15. The van der Waals surface area contributed by atoms with Crippen molar-refractivity contribution >= 4 is 12.1 Å². The van der Waals surface area contributed by atoms with Crippen LogP contribution in [0.3, 0.4) is 0 Å². The summed E-state index contributed by atoms with van der Waals surface area (Å²) < 4.78 is 4.80. The number of hydrogen-bond acceptors (Lipinski definition) is 4. The van der Waals surface area contributed by atoms with Gasteiger partial charge in [0.1, 0.15) is 6.61 Å². The van der Waals surface area contributed by atoms with Crippen molar-refractivity contribution in [2.75, 3.05) is 32.8 Å². The van der Waals surface area contributed by atoms with Crippen LogP contribution in [0.15, 0.2) is 12.7 Å². The number of amides is 1. The maximum absolute atomic E-state index is 11.2. The molecule has 1 aliphatic heterocycles. The van der Waals surface area contributed by atoms with Gasteiger partial charge in [0.2, 0.25) is 0 Å². The van der Waals surface area contributed by atoms with Crippen LogP contribution < -0.4 is 5.32 Å². The van der Waals surface area contributed by atoms with Gasteiger partial charge < -0.3 is 15.2 Å². The van der Waals surface area contributed by atoms with Crippen molar-refractivity contribution in [3.63, 3.8) is 0 Å². The van der Waals surface area contributed by atoms with Crippen LogP contribution in [-0.4, -0.2) is 54.9 Å². The number of hydrogen-bond donors (Lipinski definition) is 2. The molecule has 102 valence electrons. The van der Waals surface area contributed by atoms with Crippen molar-refractivity contribution in [3.05, 3.63) is 12.7 Å². The molecule has 0 radical (unpaired) electrons. The molecule has 0 saturated carbocycles. The number of piperidine rings is 1. The normalized spacial score (nSPS) is 17.1. The zero-order valence-corrected chi connectivity index (χ0v) is 10.4. The van der Waals surface area contributed by atoms with Crippen molar-refractivity contribution in [1.29, 1.82) is 0 Å². The fraction of sp³-hybridized carbons (Fsp3) is 0.667. The molecule has 0 spiro atoms. The molecule has 0 aromatic carbocycles. The Morgan fingerprint density at radius 1 is 1.44 bits per heavy atom. The highest BCUT2D eigenvalue weighted by atomic mass is 16.5. The highest BCUT2D eigenvalue weighted by molar-refractivity contribution is 5.69. The van der Waals surface area contributed by atoms with Crippen LogP contribution in [0.2, 0.25) is 0 Å². The van der Waals surface area contributed by atoms with Crippen LogP contribution in [0.1, 0.15) is 12.8 Å². The second-order valence-electron chi connectivity index (χ2n) is 4.38. The van der Waals surface area contributed by atoms with E-state index in [1.54, 1.807) is 0 Å². The van der Waals surface area contributed by atoms with Gasteiger partial charge in [-0.2, -0.15) is 0 Å². The summed E-state index contributed by atoms with van der Waals surface area (Å²) in [6.45, 7) is 5.87. The Morgan fingerprint density at radius 3 is 2.67 bits per heavy atom. The van der Waals surface area contributed by atoms with E-state index < -0.39 is 12.1 Å². The minimum Gasteiger partial charge on any atom is -0.480 e. The van der Waals surface area contributed by atoms with E-state index in [-0.39, 0.29) is 13.2 Å². The number of carboxylic acid groups (broad SMARTS) is 1. The third-order valence-electron chi connectivity index (χ3n) is 2.93. The van der Waals surface area contributed by atoms with Crippen molar-refractivity contribution in [1.82, 2.24) is 10.2 Å². The second-order valence-corrected chi connectivity index (χ2v) is 4.38. The number of alkyl carbamates (subject to hydrolysis) is 1. The Bertz CT molecular complexity index is 298.